The second kappa shape index (κ2) is 12.0. The first-order chi connectivity index (χ1) is 10.9. The van der Waals surface area contributed by atoms with Crippen molar-refractivity contribution in [1.29, 1.82) is 0 Å². The first-order valence-electron chi connectivity index (χ1n) is 6.95. The van der Waals surface area contributed by atoms with E-state index in [0.29, 0.717) is 24.7 Å². The quantitative estimate of drug-likeness (QED) is 0.624. The van der Waals surface area contributed by atoms with E-state index in [0.717, 1.165) is 18.0 Å². The van der Waals surface area contributed by atoms with Crippen LogP contribution in [0.4, 0.5) is 0 Å². The van der Waals surface area contributed by atoms with Gasteiger partial charge in [0, 0.05) is 24.6 Å². The molecule has 23 heavy (non-hydrogen) atoms. The second-order valence-corrected chi connectivity index (χ2v) is 4.63. The summed E-state index contributed by atoms with van der Waals surface area (Å²) in [6.07, 6.45) is 1.12. The Kier molecular flexibility index (Phi) is 10.7. The third-order valence-electron chi connectivity index (χ3n) is 2.51. The van der Waals surface area contributed by atoms with Gasteiger partial charge in [0.2, 0.25) is 0 Å². The third-order valence-corrected chi connectivity index (χ3v) is 2.51. The monoisotopic (exact) mass is 325 g/mol. The molecule has 1 rings (SSSR count). The van der Waals surface area contributed by atoms with Gasteiger partial charge in [-0.2, -0.15) is 0 Å². The van der Waals surface area contributed by atoms with Crippen molar-refractivity contribution in [3.05, 3.63) is 36.4 Å². The predicted octanol–water partition coefficient (Wildman–Crippen LogP) is 1.64. The Bertz CT molecular complexity index is 499. The van der Waals surface area contributed by atoms with E-state index in [2.05, 4.69) is 12.2 Å². The van der Waals surface area contributed by atoms with Gasteiger partial charge in [0.15, 0.2) is 11.5 Å². The summed E-state index contributed by atoms with van der Waals surface area (Å²) < 4.78 is 10.9. The van der Waals surface area contributed by atoms with Crippen molar-refractivity contribution in [2.75, 3.05) is 27.3 Å². The molecule has 0 saturated carbocycles. The number of aliphatic carboxylic acids is 2. The summed E-state index contributed by atoms with van der Waals surface area (Å²) in [6, 6.07) is 7.70. The Morgan fingerprint density at radius 2 is 1.70 bits per heavy atom. The van der Waals surface area contributed by atoms with E-state index in [1.54, 1.807) is 7.11 Å². The molecule has 7 nitrogen and oxygen atoms in total. The molecule has 128 valence electrons. The largest absolute Gasteiger partial charge is 0.493 e. The van der Waals surface area contributed by atoms with Crippen LogP contribution in [0.3, 0.4) is 0 Å². The summed E-state index contributed by atoms with van der Waals surface area (Å²) in [7, 11) is 3.60. The van der Waals surface area contributed by atoms with Crippen LogP contribution in [0.5, 0.6) is 11.5 Å². The first-order valence-corrected chi connectivity index (χ1v) is 6.95. The Labute approximate surface area is 135 Å². The zero-order valence-electron chi connectivity index (χ0n) is 13.5. The average molecular weight is 325 g/mol. The van der Waals surface area contributed by atoms with E-state index < -0.39 is 11.9 Å². The Morgan fingerprint density at radius 1 is 1.17 bits per heavy atom. The van der Waals surface area contributed by atoms with Crippen LogP contribution in [0.2, 0.25) is 0 Å². The van der Waals surface area contributed by atoms with Crippen LogP contribution in [0.1, 0.15) is 6.92 Å². The summed E-state index contributed by atoms with van der Waals surface area (Å²) in [4.78, 5) is 19.1. The zero-order valence-corrected chi connectivity index (χ0v) is 13.5. The van der Waals surface area contributed by atoms with Gasteiger partial charge in [0.1, 0.15) is 0 Å². The molecule has 0 radical (unpaired) electrons. The number of carbonyl (C=O) groups is 2. The van der Waals surface area contributed by atoms with Gasteiger partial charge in [0.05, 0.1) is 13.7 Å². The van der Waals surface area contributed by atoms with Crippen molar-refractivity contribution in [1.82, 2.24) is 5.32 Å². The minimum atomic E-state index is -1.26. The van der Waals surface area contributed by atoms with Gasteiger partial charge < -0.3 is 25.0 Å². The lowest BCUT2D eigenvalue weighted by atomic mass is 10.2. The molecule has 3 N–H and O–H groups in total. The number of para-hydroxylation sites is 2. The van der Waals surface area contributed by atoms with Crippen LogP contribution < -0.4 is 14.8 Å². The molecule has 0 fully saturated rings. The number of carboxylic acid groups (broad SMARTS) is 2. The van der Waals surface area contributed by atoms with Crippen LogP contribution in [-0.2, 0) is 9.59 Å². The molecule has 0 amide bonds. The first kappa shape index (κ1) is 20.5. The molecule has 0 bridgehead atoms. The van der Waals surface area contributed by atoms with Crippen molar-refractivity contribution in [3.63, 3.8) is 0 Å². The maximum atomic E-state index is 9.55. The molecule has 0 aliphatic carbocycles. The maximum Gasteiger partial charge on any atom is 0.328 e. The van der Waals surface area contributed by atoms with Gasteiger partial charge in [-0.1, -0.05) is 19.1 Å². The lowest BCUT2D eigenvalue weighted by Gasteiger charge is -2.14. The molecule has 0 aliphatic rings. The highest BCUT2D eigenvalue weighted by atomic mass is 16.5. The van der Waals surface area contributed by atoms with Gasteiger partial charge in [-0.25, -0.2) is 9.59 Å². The highest BCUT2D eigenvalue weighted by Crippen LogP contribution is 2.25. The number of methoxy groups -OCH3 is 1. The second-order valence-electron chi connectivity index (χ2n) is 4.63. The fourth-order valence-corrected chi connectivity index (χ4v) is 1.52. The molecule has 0 heterocycles. The predicted molar refractivity (Wildman–Crippen MR) is 86.0 cm³/mol. The van der Waals surface area contributed by atoms with Crippen molar-refractivity contribution < 1.29 is 29.3 Å². The number of ether oxygens (including phenoxy) is 2. The lowest BCUT2D eigenvalue weighted by Crippen LogP contribution is -2.21. The Balaban J connectivity index is 0.000000515. The molecule has 0 aromatic heterocycles. The van der Waals surface area contributed by atoms with E-state index in [-0.39, 0.29) is 0 Å². The van der Waals surface area contributed by atoms with E-state index in [9.17, 15) is 9.59 Å². The molecule has 0 saturated heterocycles. The average Bonchev–Trinajstić information content (AvgIpc) is 2.52. The van der Waals surface area contributed by atoms with E-state index in [1.807, 2.05) is 31.3 Å². The molecule has 1 aromatic carbocycles. The van der Waals surface area contributed by atoms with E-state index >= 15 is 0 Å². The maximum absolute atomic E-state index is 9.55. The normalized spacial score (nSPS) is 11.3. The number of hydrogen-bond donors (Lipinski definition) is 3. The van der Waals surface area contributed by atoms with Gasteiger partial charge in [-0.3, -0.25) is 0 Å². The standard InChI is InChI=1S/C12H19NO2.C4H4O4/c1-10(8-13-2)9-15-12-7-5-4-6-11(12)14-3;5-3(6)1-2-4(7)8/h4-7,10,13H,8-9H2,1-3H3;1-2H,(H,5,6)(H,7,8)/b;2-1+. The van der Waals surface area contributed by atoms with Crippen LogP contribution in [0.25, 0.3) is 0 Å². The smallest absolute Gasteiger partial charge is 0.328 e. The summed E-state index contributed by atoms with van der Waals surface area (Å²) in [5, 5.41) is 18.7. The van der Waals surface area contributed by atoms with Crippen molar-refractivity contribution in [2.45, 2.75) is 6.92 Å². The van der Waals surface area contributed by atoms with Gasteiger partial charge >= 0.3 is 11.9 Å². The third kappa shape index (κ3) is 10.8. The van der Waals surface area contributed by atoms with Crippen LogP contribution in [0.15, 0.2) is 36.4 Å². The minimum absolute atomic E-state index is 0.486. The van der Waals surface area contributed by atoms with Crippen molar-refractivity contribution >= 4 is 11.9 Å². The SMILES string of the molecule is CNCC(C)COc1ccccc1OC.O=C(O)/C=C/C(=O)O. The summed E-state index contributed by atoms with van der Waals surface area (Å²) in [6.45, 7) is 3.79. The Hall–Kier alpha value is -2.54. The summed E-state index contributed by atoms with van der Waals surface area (Å²) in [5.74, 6) is -0.433. The molecule has 0 aliphatic heterocycles. The molecule has 1 aromatic rings. The van der Waals surface area contributed by atoms with E-state index in [1.165, 1.54) is 0 Å². The Morgan fingerprint density at radius 3 is 2.13 bits per heavy atom. The van der Waals surface area contributed by atoms with Gasteiger partial charge in [-0.05, 0) is 19.2 Å². The number of benzene rings is 1. The van der Waals surface area contributed by atoms with Crippen molar-refractivity contribution in [2.24, 2.45) is 5.92 Å². The molecule has 1 unspecified atom stereocenters. The minimum Gasteiger partial charge on any atom is -0.493 e. The molecule has 1 atom stereocenters. The van der Waals surface area contributed by atoms with Crippen LogP contribution in [-0.4, -0.2) is 49.5 Å². The number of carboxylic acids is 2. The molecular weight excluding hydrogens is 302 g/mol. The molecular formula is C16H23NO6. The van der Waals surface area contributed by atoms with Crippen LogP contribution >= 0.6 is 0 Å². The highest BCUT2D eigenvalue weighted by molar-refractivity contribution is 5.89. The molecule has 7 heteroatoms. The zero-order chi connectivity index (χ0) is 17.7. The number of nitrogens with one attached hydrogen (secondary N) is 1. The van der Waals surface area contributed by atoms with Gasteiger partial charge in [-0.15, -0.1) is 0 Å². The lowest BCUT2D eigenvalue weighted by molar-refractivity contribution is -0.134. The fourth-order valence-electron chi connectivity index (χ4n) is 1.52. The molecule has 0 spiro atoms. The van der Waals surface area contributed by atoms with Gasteiger partial charge in [0.25, 0.3) is 0 Å². The van der Waals surface area contributed by atoms with E-state index in [4.69, 9.17) is 19.7 Å². The number of rotatable bonds is 8. The fraction of sp³-hybridized carbons (Fsp3) is 0.375. The van der Waals surface area contributed by atoms with Crippen molar-refractivity contribution in [3.8, 4) is 11.5 Å². The number of hydrogen-bond acceptors (Lipinski definition) is 5. The highest BCUT2D eigenvalue weighted by Gasteiger charge is 2.05. The van der Waals surface area contributed by atoms with Crippen LogP contribution in [0, 0.1) is 5.92 Å². The summed E-state index contributed by atoms with van der Waals surface area (Å²) >= 11 is 0. The summed E-state index contributed by atoms with van der Waals surface area (Å²) in [5.41, 5.74) is 0. The topological polar surface area (TPSA) is 105 Å².